The molecule has 0 radical (unpaired) electrons. The van der Waals surface area contributed by atoms with Gasteiger partial charge in [0.1, 0.15) is 5.75 Å². The lowest BCUT2D eigenvalue weighted by molar-refractivity contribution is 0.0666. The van der Waals surface area contributed by atoms with Gasteiger partial charge in [0.2, 0.25) is 0 Å². The van der Waals surface area contributed by atoms with E-state index in [1.54, 1.807) is 37.3 Å². The molecule has 2 amide bonds. The molecule has 5 rings (SSSR count). The van der Waals surface area contributed by atoms with Crippen molar-refractivity contribution >= 4 is 22.7 Å². The number of hydrogen-bond acceptors (Lipinski definition) is 5. The molecule has 0 saturated carbocycles. The Bertz CT molecular complexity index is 1740. The number of carbonyl (C=O) groups excluding carboxylic acids is 2. The van der Waals surface area contributed by atoms with Gasteiger partial charge in [0.15, 0.2) is 0 Å². The molecule has 0 unspecified atom stereocenters. The van der Waals surface area contributed by atoms with Gasteiger partial charge >= 0.3 is 0 Å². The van der Waals surface area contributed by atoms with Gasteiger partial charge in [-0.15, -0.1) is 0 Å². The molecule has 9 heteroatoms. The maximum absolute atomic E-state index is 13.6. The first-order valence-corrected chi connectivity index (χ1v) is 14.2. The summed E-state index contributed by atoms with van der Waals surface area (Å²) in [5.41, 5.74) is 4.32. The Hall–Kier alpha value is -4.84. The minimum Gasteiger partial charge on any atom is -0.496 e. The highest BCUT2D eigenvalue weighted by atomic mass is 16.5. The van der Waals surface area contributed by atoms with Crippen LogP contribution in [0.5, 0.6) is 5.75 Å². The fraction of sp³-hybridized carbons (Fsp3) is 0.333. The van der Waals surface area contributed by atoms with E-state index in [9.17, 15) is 14.4 Å². The number of aromatic amines is 1. The maximum atomic E-state index is 13.6. The Morgan fingerprint density at radius 1 is 1.12 bits per heavy atom. The number of fused-ring (bicyclic) bond motifs is 1. The van der Waals surface area contributed by atoms with E-state index >= 15 is 0 Å². The fourth-order valence-electron chi connectivity index (χ4n) is 6.16. The lowest BCUT2D eigenvalue weighted by Crippen LogP contribution is -2.40. The van der Waals surface area contributed by atoms with E-state index in [0.717, 1.165) is 29.4 Å². The topological polar surface area (TPSA) is 120 Å². The van der Waals surface area contributed by atoms with Gasteiger partial charge in [0.25, 0.3) is 17.4 Å². The molecular weight excluding hydrogens is 530 g/mol. The molecule has 0 aliphatic carbocycles. The van der Waals surface area contributed by atoms with E-state index < -0.39 is 0 Å². The normalized spacial score (nSPS) is 14.4. The highest BCUT2D eigenvalue weighted by Crippen LogP contribution is 2.36. The molecule has 42 heavy (non-hydrogen) atoms. The molecule has 3 heterocycles. The van der Waals surface area contributed by atoms with E-state index in [4.69, 9.17) is 10.00 Å². The number of aromatic nitrogens is 2. The van der Waals surface area contributed by atoms with Gasteiger partial charge in [0, 0.05) is 47.0 Å². The molecule has 1 saturated heterocycles. The average Bonchev–Trinajstić information content (AvgIpc) is 3.31. The monoisotopic (exact) mass is 565 g/mol. The van der Waals surface area contributed by atoms with Crippen LogP contribution in [-0.4, -0.2) is 46.5 Å². The molecule has 1 atom stereocenters. The Labute approximate surface area is 244 Å². The van der Waals surface area contributed by atoms with Crippen LogP contribution in [0, 0.1) is 31.1 Å². The Morgan fingerprint density at radius 2 is 1.81 bits per heavy atom. The van der Waals surface area contributed by atoms with Crippen molar-refractivity contribution in [3.05, 3.63) is 98.6 Å². The van der Waals surface area contributed by atoms with Gasteiger partial charge in [-0.05, 0) is 75.9 Å². The second-order valence-corrected chi connectivity index (χ2v) is 10.9. The third-order valence-corrected chi connectivity index (χ3v) is 8.44. The standard InChI is InChI=1S/C33H35N5O4/c1-20-17-29(42-4)27(31(39)36-20)19-35-32(40)30-22(3)38(28-8-6-5-7-26(28)30)21(2)24-13-15-37(16-14-24)33(41)25-11-9-23(18-34)10-12-25/h5-12,17,21,24H,13-16,19H2,1-4H3,(H,35,40)(H,36,39)/t21-/m1/s1. The lowest BCUT2D eigenvalue weighted by atomic mass is 9.89. The van der Waals surface area contributed by atoms with Crippen molar-refractivity contribution in [2.75, 3.05) is 20.2 Å². The van der Waals surface area contributed by atoms with E-state index in [0.29, 0.717) is 52.7 Å². The lowest BCUT2D eigenvalue weighted by Gasteiger charge is -2.36. The number of likely N-dealkylation sites (tertiary alicyclic amines) is 1. The number of piperidine rings is 1. The van der Waals surface area contributed by atoms with Crippen LogP contribution in [0.3, 0.4) is 0 Å². The third-order valence-electron chi connectivity index (χ3n) is 8.44. The fourth-order valence-corrected chi connectivity index (χ4v) is 6.16. The summed E-state index contributed by atoms with van der Waals surface area (Å²) in [7, 11) is 1.51. The molecule has 9 nitrogen and oxygen atoms in total. The molecule has 216 valence electrons. The van der Waals surface area contributed by atoms with Crippen molar-refractivity contribution in [1.29, 1.82) is 5.26 Å². The molecule has 4 aromatic rings. The summed E-state index contributed by atoms with van der Waals surface area (Å²) < 4.78 is 7.63. The Balaban J connectivity index is 1.34. The number of nitrogens with zero attached hydrogens (tertiary/aromatic N) is 3. The molecule has 2 aromatic heterocycles. The SMILES string of the molecule is COc1cc(C)[nH]c(=O)c1CNC(=O)c1c(C)n([C@H](C)C2CCN(C(=O)c3ccc(C#N)cc3)CC2)c2ccccc12. The first kappa shape index (κ1) is 28.7. The van der Waals surface area contributed by atoms with Gasteiger partial charge in [-0.25, -0.2) is 0 Å². The second kappa shape index (κ2) is 12.0. The minimum atomic E-state index is -0.288. The van der Waals surface area contributed by atoms with Crippen LogP contribution >= 0.6 is 0 Å². The number of nitrogens with one attached hydrogen (secondary N) is 2. The predicted octanol–water partition coefficient (Wildman–Crippen LogP) is 4.87. The van der Waals surface area contributed by atoms with Crippen molar-refractivity contribution in [2.24, 2.45) is 5.92 Å². The number of ether oxygens (including phenoxy) is 1. The quantitative estimate of drug-likeness (QED) is 0.331. The molecule has 1 aliphatic heterocycles. The van der Waals surface area contributed by atoms with Crippen molar-refractivity contribution in [3.8, 4) is 11.8 Å². The van der Waals surface area contributed by atoms with Crippen LogP contribution in [0.1, 0.15) is 69.0 Å². The second-order valence-electron chi connectivity index (χ2n) is 10.9. The van der Waals surface area contributed by atoms with E-state index in [1.807, 2.05) is 36.1 Å². The zero-order chi connectivity index (χ0) is 30.0. The van der Waals surface area contributed by atoms with Gasteiger partial charge in [-0.3, -0.25) is 14.4 Å². The van der Waals surface area contributed by atoms with Gasteiger partial charge < -0.3 is 24.5 Å². The van der Waals surface area contributed by atoms with Gasteiger partial charge in [0.05, 0.1) is 36.4 Å². The van der Waals surface area contributed by atoms with Crippen LogP contribution in [-0.2, 0) is 6.54 Å². The van der Waals surface area contributed by atoms with Crippen LogP contribution in [0.25, 0.3) is 10.9 Å². The van der Waals surface area contributed by atoms with Crippen molar-refractivity contribution in [2.45, 2.75) is 46.2 Å². The number of pyridine rings is 1. The molecular formula is C33H35N5O4. The van der Waals surface area contributed by atoms with E-state index in [1.165, 1.54) is 7.11 Å². The highest BCUT2D eigenvalue weighted by molar-refractivity contribution is 6.08. The maximum Gasteiger partial charge on any atom is 0.256 e. The summed E-state index contributed by atoms with van der Waals surface area (Å²) in [5, 5.41) is 12.8. The molecule has 2 N–H and O–H groups in total. The Kier molecular flexibility index (Phi) is 8.16. The number of rotatable bonds is 7. The zero-order valence-electron chi connectivity index (χ0n) is 24.4. The van der Waals surface area contributed by atoms with Crippen molar-refractivity contribution in [1.82, 2.24) is 19.8 Å². The van der Waals surface area contributed by atoms with E-state index in [-0.39, 0.29) is 30.0 Å². The van der Waals surface area contributed by atoms with Crippen molar-refractivity contribution < 1.29 is 14.3 Å². The zero-order valence-corrected chi connectivity index (χ0v) is 24.4. The number of para-hydroxylation sites is 1. The number of carbonyl (C=O) groups is 2. The van der Waals surface area contributed by atoms with E-state index in [2.05, 4.69) is 27.9 Å². The number of nitriles is 1. The van der Waals surface area contributed by atoms with Crippen LogP contribution in [0.15, 0.2) is 59.4 Å². The summed E-state index contributed by atoms with van der Waals surface area (Å²) in [5.74, 6) is 0.486. The van der Waals surface area contributed by atoms with Gasteiger partial charge in [-0.1, -0.05) is 18.2 Å². The third kappa shape index (κ3) is 5.40. The largest absolute Gasteiger partial charge is 0.496 e. The van der Waals surface area contributed by atoms with Crippen LogP contribution in [0.2, 0.25) is 0 Å². The van der Waals surface area contributed by atoms with Crippen LogP contribution < -0.4 is 15.6 Å². The predicted molar refractivity (Wildman–Crippen MR) is 161 cm³/mol. The average molecular weight is 566 g/mol. The molecule has 1 aliphatic rings. The minimum absolute atomic E-state index is 0.0174. The number of aryl methyl sites for hydroxylation is 1. The van der Waals surface area contributed by atoms with Crippen molar-refractivity contribution in [3.63, 3.8) is 0 Å². The number of amides is 2. The first-order valence-electron chi connectivity index (χ1n) is 14.2. The number of hydrogen-bond donors (Lipinski definition) is 2. The summed E-state index contributed by atoms with van der Waals surface area (Å²) in [6.07, 6.45) is 1.68. The molecule has 0 bridgehead atoms. The smallest absolute Gasteiger partial charge is 0.256 e. The summed E-state index contributed by atoms with van der Waals surface area (Å²) in [4.78, 5) is 43.9. The number of H-pyrrole nitrogens is 1. The number of benzene rings is 2. The molecule has 2 aromatic carbocycles. The summed E-state index contributed by atoms with van der Waals surface area (Å²) >= 11 is 0. The summed E-state index contributed by atoms with van der Waals surface area (Å²) in [6.45, 7) is 7.26. The number of methoxy groups -OCH3 is 1. The molecule has 0 spiro atoms. The molecule has 1 fully saturated rings. The van der Waals surface area contributed by atoms with Gasteiger partial charge in [-0.2, -0.15) is 5.26 Å². The highest BCUT2D eigenvalue weighted by Gasteiger charge is 2.31. The first-order chi connectivity index (χ1) is 20.2. The summed E-state index contributed by atoms with van der Waals surface area (Å²) in [6, 6.07) is 18.6. The van der Waals surface area contributed by atoms with Crippen LogP contribution in [0.4, 0.5) is 0 Å². The Morgan fingerprint density at radius 3 is 2.48 bits per heavy atom.